The summed E-state index contributed by atoms with van der Waals surface area (Å²) in [5.41, 5.74) is 1.50. The van der Waals surface area contributed by atoms with E-state index >= 15 is 0 Å². The van der Waals surface area contributed by atoms with Crippen LogP contribution in [0, 0.1) is 5.92 Å². The second-order valence-corrected chi connectivity index (χ2v) is 5.10. The van der Waals surface area contributed by atoms with Crippen molar-refractivity contribution in [2.45, 2.75) is 71.3 Å². The third-order valence-corrected chi connectivity index (χ3v) is 3.28. The first-order chi connectivity index (χ1) is 7.22. The molecule has 1 N–H and O–H groups in total. The summed E-state index contributed by atoms with van der Waals surface area (Å²) in [4.78, 5) is 0. The summed E-state index contributed by atoms with van der Waals surface area (Å²) >= 11 is 0. The van der Waals surface area contributed by atoms with Crippen LogP contribution in [0.5, 0.6) is 0 Å². The van der Waals surface area contributed by atoms with Crippen molar-refractivity contribution in [2.75, 3.05) is 0 Å². The van der Waals surface area contributed by atoms with Gasteiger partial charge in [0.05, 0.1) is 6.10 Å². The third kappa shape index (κ3) is 5.36. The standard InChI is InChI=1S/C14H26O/c1-3-4-5-6-7-8-13-9-12(2)10-14(15)11-13/h11-12,14-15H,3-10H2,1-2H3. The third-order valence-electron chi connectivity index (χ3n) is 3.28. The molecule has 1 aliphatic rings. The van der Waals surface area contributed by atoms with Gasteiger partial charge in [-0.25, -0.2) is 0 Å². The van der Waals surface area contributed by atoms with Crippen LogP contribution in [0.15, 0.2) is 11.6 Å². The Balaban J connectivity index is 2.15. The van der Waals surface area contributed by atoms with Crippen molar-refractivity contribution in [2.24, 2.45) is 5.92 Å². The Labute approximate surface area is 94.6 Å². The lowest BCUT2D eigenvalue weighted by Crippen LogP contribution is -2.15. The maximum Gasteiger partial charge on any atom is 0.0726 e. The van der Waals surface area contributed by atoms with E-state index in [1.165, 1.54) is 50.5 Å². The highest BCUT2D eigenvalue weighted by molar-refractivity contribution is 5.09. The van der Waals surface area contributed by atoms with Crippen LogP contribution in [0.2, 0.25) is 0 Å². The van der Waals surface area contributed by atoms with Crippen LogP contribution < -0.4 is 0 Å². The first-order valence-electron chi connectivity index (χ1n) is 6.60. The van der Waals surface area contributed by atoms with Gasteiger partial charge in [-0.3, -0.25) is 0 Å². The van der Waals surface area contributed by atoms with Gasteiger partial charge in [-0.15, -0.1) is 0 Å². The number of rotatable bonds is 6. The molecule has 2 unspecified atom stereocenters. The van der Waals surface area contributed by atoms with Gasteiger partial charge < -0.3 is 5.11 Å². The molecule has 1 nitrogen and oxygen atoms in total. The van der Waals surface area contributed by atoms with Gasteiger partial charge in [-0.05, 0) is 31.6 Å². The molecule has 0 aromatic rings. The highest BCUT2D eigenvalue weighted by Crippen LogP contribution is 2.27. The van der Waals surface area contributed by atoms with Gasteiger partial charge in [-0.2, -0.15) is 0 Å². The molecule has 0 aromatic carbocycles. The predicted octanol–water partition coefficient (Wildman–Crippen LogP) is 4.06. The van der Waals surface area contributed by atoms with Crippen molar-refractivity contribution in [3.63, 3.8) is 0 Å². The molecule has 1 aliphatic carbocycles. The minimum absolute atomic E-state index is 0.167. The number of hydrogen-bond acceptors (Lipinski definition) is 1. The van der Waals surface area contributed by atoms with Crippen LogP contribution in [0.4, 0.5) is 0 Å². The molecular weight excluding hydrogens is 184 g/mol. The molecule has 2 atom stereocenters. The van der Waals surface area contributed by atoms with Crippen molar-refractivity contribution in [3.8, 4) is 0 Å². The zero-order valence-electron chi connectivity index (χ0n) is 10.3. The van der Waals surface area contributed by atoms with Gasteiger partial charge in [0.15, 0.2) is 0 Å². The molecule has 15 heavy (non-hydrogen) atoms. The second kappa shape index (κ2) is 7.05. The summed E-state index contributed by atoms with van der Waals surface area (Å²) in [5.74, 6) is 0.677. The molecular formula is C14H26O. The van der Waals surface area contributed by atoms with E-state index in [4.69, 9.17) is 0 Å². The topological polar surface area (TPSA) is 20.2 Å². The maximum atomic E-state index is 9.61. The van der Waals surface area contributed by atoms with Crippen molar-refractivity contribution >= 4 is 0 Å². The Kier molecular flexibility index (Phi) is 6.00. The van der Waals surface area contributed by atoms with Gasteiger partial charge in [0, 0.05) is 0 Å². The molecule has 0 heterocycles. The fourth-order valence-electron chi connectivity index (χ4n) is 2.49. The molecule has 0 fully saturated rings. The molecule has 1 rings (SSSR count). The molecule has 0 aromatic heterocycles. The van der Waals surface area contributed by atoms with Crippen LogP contribution >= 0.6 is 0 Å². The van der Waals surface area contributed by atoms with E-state index in [1.54, 1.807) is 0 Å². The Morgan fingerprint density at radius 1 is 1.27 bits per heavy atom. The fraction of sp³-hybridized carbons (Fsp3) is 0.857. The average molecular weight is 210 g/mol. The molecule has 0 aliphatic heterocycles. The van der Waals surface area contributed by atoms with E-state index in [1.807, 2.05) is 0 Å². The van der Waals surface area contributed by atoms with Crippen molar-refractivity contribution < 1.29 is 5.11 Å². The number of hydrogen-bond donors (Lipinski definition) is 1. The van der Waals surface area contributed by atoms with Crippen LogP contribution in [0.25, 0.3) is 0 Å². The van der Waals surface area contributed by atoms with E-state index < -0.39 is 0 Å². The lowest BCUT2D eigenvalue weighted by atomic mass is 9.86. The quantitative estimate of drug-likeness (QED) is 0.517. The maximum absolute atomic E-state index is 9.61. The second-order valence-electron chi connectivity index (χ2n) is 5.10. The highest BCUT2D eigenvalue weighted by Gasteiger charge is 2.16. The van der Waals surface area contributed by atoms with Gasteiger partial charge in [0.2, 0.25) is 0 Å². The Hall–Kier alpha value is -0.300. The molecule has 0 amide bonds. The van der Waals surface area contributed by atoms with Crippen LogP contribution in [0.3, 0.4) is 0 Å². The lowest BCUT2D eigenvalue weighted by Gasteiger charge is -2.23. The minimum atomic E-state index is -0.167. The van der Waals surface area contributed by atoms with E-state index in [0.29, 0.717) is 5.92 Å². The molecule has 0 radical (unpaired) electrons. The summed E-state index contributed by atoms with van der Waals surface area (Å²) < 4.78 is 0. The van der Waals surface area contributed by atoms with Crippen molar-refractivity contribution in [3.05, 3.63) is 11.6 Å². The van der Waals surface area contributed by atoms with E-state index in [0.717, 1.165) is 6.42 Å². The summed E-state index contributed by atoms with van der Waals surface area (Å²) in [6, 6.07) is 0. The summed E-state index contributed by atoms with van der Waals surface area (Å²) in [7, 11) is 0. The molecule has 0 bridgehead atoms. The Bertz CT molecular complexity index is 196. The highest BCUT2D eigenvalue weighted by atomic mass is 16.3. The SMILES string of the molecule is CCCCCCCC1=CC(O)CC(C)C1. The van der Waals surface area contributed by atoms with Gasteiger partial charge in [-0.1, -0.05) is 51.2 Å². The molecule has 0 spiro atoms. The van der Waals surface area contributed by atoms with E-state index in [9.17, 15) is 5.11 Å². The lowest BCUT2D eigenvalue weighted by molar-refractivity contribution is 0.179. The van der Waals surface area contributed by atoms with Crippen LogP contribution in [0.1, 0.15) is 65.2 Å². The zero-order chi connectivity index (χ0) is 11.1. The zero-order valence-corrected chi connectivity index (χ0v) is 10.3. The largest absolute Gasteiger partial charge is 0.389 e. The van der Waals surface area contributed by atoms with E-state index in [-0.39, 0.29) is 6.10 Å². The monoisotopic (exact) mass is 210 g/mol. The number of allylic oxidation sites excluding steroid dienone is 1. The first kappa shape index (κ1) is 12.8. The Morgan fingerprint density at radius 2 is 2.00 bits per heavy atom. The normalized spacial score (nSPS) is 26.5. The van der Waals surface area contributed by atoms with Gasteiger partial charge in [0.25, 0.3) is 0 Å². The van der Waals surface area contributed by atoms with Crippen molar-refractivity contribution in [1.29, 1.82) is 0 Å². The predicted molar refractivity (Wildman–Crippen MR) is 65.9 cm³/mol. The fourth-order valence-corrected chi connectivity index (χ4v) is 2.49. The van der Waals surface area contributed by atoms with Crippen molar-refractivity contribution in [1.82, 2.24) is 0 Å². The summed E-state index contributed by atoms with van der Waals surface area (Å²) in [5, 5.41) is 9.61. The van der Waals surface area contributed by atoms with Crippen LogP contribution in [-0.2, 0) is 0 Å². The Morgan fingerprint density at radius 3 is 2.67 bits per heavy atom. The summed E-state index contributed by atoms with van der Waals surface area (Å²) in [6.45, 7) is 4.50. The van der Waals surface area contributed by atoms with E-state index in [2.05, 4.69) is 19.9 Å². The van der Waals surface area contributed by atoms with Crippen LogP contribution in [-0.4, -0.2) is 11.2 Å². The molecule has 0 saturated carbocycles. The molecule has 0 saturated heterocycles. The van der Waals surface area contributed by atoms with Gasteiger partial charge >= 0.3 is 0 Å². The summed E-state index contributed by atoms with van der Waals surface area (Å²) in [6.07, 6.45) is 12.0. The number of aliphatic hydroxyl groups excluding tert-OH is 1. The smallest absolute Gasteiger partial charge is 0.0726 e. The average Bonchev–Trinajstić information content (AvgIpc) is 2.16. The number of unbranched alkanes of at least 4 members (excludes halogenated alkanes) is 4. The van der Waals surface area contributed by atoms with Gasteiger partial charge in [0.1, 0.15) is 0 Å². The first-order valence-corrected chi connectivity index (χ1v) is 6.60. The molecule has 88 valence electrons. The molecule has 1 heteroatoms. The number of aliphatic hydroxyl groups is 1. The minimum Gasteiger partial charge on any atom is -0.389 e.